The predicted molar refractivity (Wildman–Crippen MR) is 89.3 cm³/mol. The Kier molecular flexibility index (Phi) is 5.65. The number of fused-ring (bicyclic) bond motifs is 1. The van der Waals surface area contributed by atoms with Crippen LogP contribution in [0.25, 0.3) is 10.8 Å². The number of phenolic OH excluding ortho intramolecular Hbond substituents is 1. The number of phenols is 1. The number of aromatic hydroxyl groups is 1. The van der Waals surface area contributed by atoms with Crippen LogP contribution in [-0.2, 0) is 16.1 Å². The number of hydrogen-bond donors (Lipinski definition) is 5. The molecular weight excluding hydrogens is 364 g/mol. The van der Waals surface area contributed by atoms with Crippen LogP contribution in [0, 0.1) is 0 Å². The van der Waals surface area contributed by atoms with E-state index in [-0.39, 0.29) is 22.3 Å². The van der Waals surface area contributed by atoms with Gasteiger partial charge in [0.2, 0.25) is 6.29 Å². The maximum Gasteiger partial charge on any atom is 0.347 e. The minimum absolute atomic E-state index is 0.00305. The third kappa shape index (κ3) is 3.63. The van der Waals surface area contributed by atoms with Crippen molar-refractivity contribution in [3.63, 3.8) is 0 Å². The second kappa shape index (κ2) is 7.80. The number of rotatable bonds is 5. The van der Waals surface area contributed by atoms with Crippen molar-refractivity contribution < 1.29 is 44.2 Å². The first-order valence-electron chi connectivity index (χ1n) is 8.12. The van der Waals surface area contributed by atoms with Gasteiger partial charge in [-0.25, -0.2) is 4.79 Å². The molecule has 2 aromatic rings. The normalized spacial score (nSPS) is 28.4. The van der Waals surface area contributed by atoms with E-state index in [1.165, 1.54) is 19.2 Å². The van der Waals surface area contributed by atoms with Gasteiger partial charge in [-0.1, -0.05) is 0 Å². The van der Waals surface area contributed by atoms with Crippen LogP contribution in [0.15, 0.2) is 27.4 Å². The summed E-state index contributed by atoms with van der Waals surface area (Å²) in [6, 6.07) is 3.86. The lowest BCUT2D eigenvalue weighted by Crippen LogP contribution is -2.60. The van der Waals surface area contributed by atoms with Crippen molar-refractivity contribution in [2.24, 2.45) is 0 Å². The molecule has 1 saturated heterocycles. The summed E-state index contributed by atoms with van der Waals surface area (Å²) in [6.45, 7) is -0.990. The summed E-state index contributed by atoms with van der Waals surface area (Å²) in [6.07, 6.45) is -6.14. The first kappa shape index (κ1) is 19.5. The average Bonchev–Trinajstić information content (AvgIpc) is 2.64. The van der Waals surface area contributed by atoms with Crippen LogP contribution in [-0.4, -0.2) is 70.0 Å². The Hall–Kier alpha value is -2.21. The van der Waals surface area contributed by atoms with E-state index in [2.05, 4.69) is 0 Å². The topological polar surface area (TPSA) is 159 Å². The second-order valence-electron chi connectivity index (χ2n) is 6.09. The van der Waals surface area contributed by atoms with Crippen LogP contribution in [0.2, 0.25) is 0 Å². The number of aliphatic hydroxyl groups is 4. The molecule has 0 aliphatic carbocycles. The molecule has 148 valence electrons. The molecule has 10 heteroatoms. The largest absolute Gasteiger partial charge is 0.507 e. The summed E-state index contributed by atoms with van der Waals surface area (Å²) in [4.78, 5) is 11.9. The van der Waals surface area contributed by atoms with E-state index in [1.54, 1.807) is 0 Å². The Morgan fingerprint density at radius 3 is 2.52 bits per heavy atom. The molecule has 0 spiro atoms. The first-order chi connectivity index (χ1) is 12.9. The molecule has 1 aromatic heterocycles. The van der Waals surface area contributed by atoms with E-state index in [4.69, 9.17) is 23.7 Å². The number of hydrogen-bond acceptors (Lipinski definition) is 10. The highest BCUT2D eigenvalue weighted by Gasteiger charge is 2.45. The molecule has 2 heterocycles. The molecule has 1 aromatic carbocycles. The van der Waals surface area contributed by atoms with Crippen molar-refractivity contribution in [2.45, 2.75) is 37.3 Å². The number of ether oxygens (including phenoxy) is 3. The van der Waals surface area contributed by atoms with Gasteiger partial charge in [-0.05, 0) is 17.5 Å². The minimum atomic E-state index is -1.50. The van der Waals surface area contributed by atoms with Gasteiger partial charge < -0.3 is 44.2 Å². The van der Waals surface area contributed by atoms with E-state index < -0.39 is 55.3 Å². The third-order valence-electron chi connectivity index (χ3n) is 4.37. The number of benzene rings is 1. The lowest BCUT2D eigenvalue weighted by Gasteiger charge is -2.41. The zero-order valence-corrected chi connectivity index (χ0v) is 14.3. The molecule has 5 atom stereocenters. The van der Waals surface area contributed by atoms with Crippen molar-refractivity contribution >= 4 is 10.8 Å². The Morgan fingerprint density at radius 1 is 1.15 bits per heavy atom. The van der Waals surface area contributed by atoms with E-state index in [1.807, 2.05) is 0 Å². The quantitative estimate of drug-likeness (QED) is 0.425. The van der Waals surface area contributed by atoms with Gasteiger partial charge >= 0.3 is 5.63 Å². The Morgan fingerprint density at radius 2 is 1.89 bits per heavy atom. The fourth-order valence-electron chi connectivity index (χ4n) is 3.05. The molecule has 1 aliphatic rings. The van der Waals surface area contributed by atoms with Crippen LogP contribution >= 0.6 is 0 Å². The molecule has 0 bridgehead atoms. The minimum Gasteiger partial charge on any atom is -0.507 e. The Bertz CT molecular complexity index is 861. The third-order valence-corrected chi connectivity index (χ3v) is 4.37. The SMILES string of the molecule is CO[C@H]1[C@H](O)[C@@H](O)[C@H](Oc2cc(O)c3c(=O)oc(CO)cc3c2)O[C@@H]1CO. The molecule has 1 aliphatic heterocycles. The van der Waals surface area contributed by atoms with Gasteiger partial charge in [0.05, 0.1) is 6.61 Å². The maximum atomic E-state index is 11.9. The van der Waals surface area contributed by atoms with Crippen molar-refractivity contribution in [3.8, 4) is 11.5 Å². The van der Waals surface area contributed by atoms with Gasteiger partial charge in [0.15, 0.2) is 0 Å². The number of methoxy groups -OCH3 is 1. The molecule has 0 radical (unpaired) electrons. The van der Waals surface area contributed by atoms with Crippen LogP contribution < -0.4 is 10.4 Å². The molecular formula is C17H20O10. The van der Waals surface area contributed by atoms with Crippen LogP contribution in [0.4, 0.5) is 0 Å². The average molecular weight is 384 g/mol. The van der Waals surface area contributed by atoms with Gasteiger partial charge in [-0.3, -0.25) is 0 Å². The van der Waals surface area contributed by atoms with Crippen LogP contribution in [0.5, 0.6) is 11.5 Å². The van der Waals surface area contributed by atoms with E-state index in [0.29, 0.717) is 0 Å². The Balaban J connectivity index is 1.93. The highest BCUT2D eigenvalue weighted by molar-refractivity contribution is 5.88. The van der Waals surface area contributed by atoms with Gasteiger partial charge in [-0.15, -0.1) is 0 Å². The smallest absolute Gasteiger partial charge is 0.347 e. The molecule has 3 rings (SSSR count). The summed E-state index contributed by atoms with van der Waals surface area (Å²) >= 11 is 0. The molecule has 5 N–H and O–H groups in total. The molecule has 27 heavy (non-hydrogen) atoms. The first-order valence-corrected chi connectivity index (χ1v) is 8.12. The highest BCUT2D eigenvalue weighted by atomic mass is 16.7. The van der Waals surface area contributed by atoms with Gasteiger partial charge in [-0.2, -0.15) is 0 Å². The molecule has 0 saturated carbocycles. The van der Waals surface area contributed by atoms with Gasteiger partial charge in [0, 0.05) is 13.2 Å². The summed E-state index contributed by atoms with van der Waals surface area (Å²) < 4.78 is 20.8. The zero-order chi connectivity index (χ0) is 19.7. The molecule has 0 amide bonds. The lowest BCUT2D eigenvalue weighted by molar-refractivity contribution is -0.281. The fraction of sp³-hybridized carbons (Fsp3) is 0.471. The highest BCUT2D eigenvalue weighted by Crippen LogP contribution is 2.31. The van der Waals surface area contributed by atoms with Gasteiger partial charge in [0.25, 0.3) is 0 Å². The number of aliphatic hydroxyl groups excluding tert-OH is 4. The van der Waals surface area contributed by atoms with Crippen molar-refractivity contribution in [1.82, 2.24) is 0 Å². The standard InChI is InChI=1S/C17H20O10/c1-24-15-11(6-19)27-17(14(22)13(15)21)26-8-2-7-3-9(5-18)25-16(23)12(7)10(20)4-8/h2-4,11,13-15,17-22H,5-6H2,1H3/t11-,13-,14-,15-,17-/m1/s1. The summed E-state index contributed by atoms with van der Waals surface area (Å²) in [5, 5.41) is 49.1. The summed E-state index contributed by atoms with van der Waals surface area (Å²) in [5.41, 5.74) is -0.826. The second-order valence-corrected chi connectivity index (χ2v) is 6.09. The monoisotopic (exact) mass is 384 g/mol. The Labute approximate surface area is 152 Å². The molecule has 0 unspecified atom stereocenters. The predicted octanol–water partition coefficient (Wildman–Crippen LogP) is -1.18. The van der Waals surface area contributed by atoms with E-state index in [0.717, 1.165) is 6.07 Å². The van der Waals surface area contributed by atoms with Gasteiger partial charge in [0.1, 0.15) is 53.7 Å². The van der Waals surface area contributed by atoms with Crippen molar-refractivity contribution in [2.75, 3.05) is 13.7 Å². The summed E-state index contributed by atoms with van der Waals surface area (Å²) in [7, 11) is 1.31. The summed E-state index contributed by atoms with van der Waals surface area (Å²) in [5.74, 6) is -0.407. The lowest BCUT2D eigenvalue weighted by atomic mass is 9.99. The van der Waals surface area contributed by atoms with Crippen LogP contribution in [0.1, 0.15) is 5.76 Å². The molecule has 1 fully saturated rings. The zero-order valence-electron chi connectivity index (χ0n) is 14.3. The van der Waals surface area contributed by atoms with Crippen molar-refractivity contribution in [3.05, 3.63) is 34.4 Å². The molecule has 10 nitrogen and oxygen atoms in total. The fourth-order valence-corrected chi connectivity index (χ4v) is 3.05. The van der Waals surface area contributed by atoms with E-state index >= 15 is 0 Å². The van der Waals surface area contributed by atoms with Crippen LogP contribution in [0.3, 0.4) is 0 Å². The van der Waals surface area contributed by atoms with Crippen molar-refractivity contribution in [1.29, 1.82) is 0 Å². The van der Waals surface area contributed by atoms with E-state index in [9.17, 15) is 25.2 Å². The maximum absolute atomic E-state index is 11.9.